The maximum Gasteiger partial charge on any atom is 0.0788 e. The van der Waals surface area contributed by atoms with Crippen LogP contribution in [0.25, 0.3) is 0 Å². The molecule has 14 heavy (non-hydrogen) atoms. The summed E-state index contributed by atoms with van der Waals surface area (Å²) in [6, 6.07) is 0. The van der Waals surface area contributed by atoms with Crippen molar-refractivity contribution >= 4 is 0 Å². The molecule has 0 aromatic heterocycles. The minimum atomic E-state index is -4.94. The van der Waals surface area contributed by atoms with E-state index in [2.05, 4.69) is 0 Å². The van der Waals surface area contributed by atoms with Gasteiger partial charge in [-0.15, -0.1) is 10.2 Å². The van der Waals surface area contributed by atoms with Gasteiger partial charge in [-0.1, -0.05) is 0 Å². The quantitative estimate of drug-likeness (QED) is 0.403. The third-order valence-corrected chi connectivity index (χ3v) is 3.03. The fraction of sp³-hybridized carbons (Fsp3) is 1.00. The van der Waals surface area contributed by atoms with Crippen molar-refractivity contribution in [3.8, 4) is 0 Å². The monoisotopic (exact) mass is 225 g/mol. The van der Waals surface area contributed by atoms with E-state index in [1.165, 1.54) is 56.3 Å². The third-order valence-electron chi connectivity index (χ3n) is 3.03. The van der Waals surface area contributed by atoms with Crippen molar-refractivity contribution in [2.24, 2.45) is 0 Å². The highest BCUT2D eigenvalue weighted by molar-refractivity contribution is 4.60. The predicted molar refractivity (Wildman–Crippen MR) is 38.2 cm³/mol. The summed E-state index contributed by atoms with van der Waals surface area (Å²) in [6.07, 6.45) is 6.00. The van der Waals surface area contributed by atoms with E-state index in [1.54, 1.807) is 0 Å². The first-order chi connectivity index (χ1) is 6.41. The van der Waals surface area contributed by atoms with Gasteiger partial charge in [0.05, 0.1) is 26.2 Å². The summed E-state index contributed by atoms with van der Waals surface area (Å²) in [5.41, 5.74) is 0. The average molecular weight is 226 g/mol. The van der Waals surface area contributed by atoms with Gasteiger partial charge in [-0.3, -0.25) is 0 Å². The molecular formula is C8H16ClNO4. The average Bonchev–Trinajstić information content (AvgIpc) is 2.61. The van der Waals surface area contributed by atoms with Gasteiger partial charge >= 0.3 is 0 Å². The summed E-state index contributed by atoms with van der Waals surface area (Å²) < 4.78 is 35.5. The molecule has 2 fully saturated rings. The predicted octanol–water partition coefficient (Wildman–Crippen LogP) is -3.37. The number of quaternary nitrogens is 1. The van der Waals surface area contributed by atoms with Gasteiger partial charge in [0.15, 0.2) is 0 Å². The number of nitrogens with zero attached hydrogens (tertiary/aromatic N) is 1. The molecule has 5 nitrogen and oxygen atoms in total. The summed E-state index contributed by atoms with van der Waals surface area (Å²) in [6.45, 7) is 6.00. The lowest BCUT2D eigenvalue weighted by Crippen LogP contribution is -2.68. The van der Waals surface area contributed by atoms with Crippen molar-refractivity contribution in [1.82, 2.24) is 0 Å². The molecule has 0 radical (unpaired) electrons. The SMILES string of the molecule is C1CC[N+]2(C1)CCCC2.[O-][Cl+3]([O-])([O-])[O-]. The van der Waals surface area contributed by atoms with Crippen LogP contribution < -0.4 is 18.6 Å². The fourth-order valence-electron chi connectivity index (χ4n) is 2.46. The molecular weight excluding hydrogens is 210 g/mol. The summed E-state index contributed by atoms with van der Waals surface area (Å²) in [4.78, 5) is 0. The normalized spacial score (nSPS) is 24.9. The zero-order valence-corrected chi connectivity index (χ0v) is 8.87. The van der Waals surface area contributed by atoms with E-state index in [1.807, 2.05) is 0 Å². The van der Waals surface area contributed by atoms with Crippen molar-refractivity contribution in [2.75, 3.05) is 26.2 Å². The van der Waals surface area contributed by atoms with E-state index in [0.717, 1.165) is 0 Å². The third kappa shape index (κ3) is 4.54. The molecule has 0 N–H and O–H groups in total. The van der Waals surface area contributed by atoms with E-state index in [9.17, 15) is 0 Å². The highest BCUT2D eigenvalue weighted by atomic mass is 35.7. The van der Waals surface area contributed by atoms with Crippen LogP contribution >= 0.6 is 0 Å². The van der Waals surface area contributed by atoms with Gasteiger partial charge < -0.3 is 4.48 Å². The van der Waals surface area contributed by atoms with E-state index in [0.29, 0.717) is 0 Å². The second-order valence-electron chi connectivity index (χ2n) is 4.03. The molecule has 0 atom stereocenters. The van der Waals surface area contributed by atoms with Crippen molar-refractivity contribution in [3.63, 3.8) is 0 Å². The van der Waals surface area contributed by atoms with Crippen LogP contribution in [-0.2, 0) is 0 Å². The number of hydrogen-bond donors (Lipinski definition) is 0. The van der Waals surface area contributed by atoms with Gasteiger partial charge in [-0.25, -0.2) is 18.6 Å². The first kappa shape index (κ1) is 12.2. The molecule has 2 aliphatic rings. The van der Waals surface area contributed by atoms with Crippen LogP contribution in [0, 0.1) is 10.2 Å². The Kier molecular flexibility index (Phi) is 4.12. The van der Waals surface area contributed by atoms with E-state index >= 15 is 0 Å². The maximum absolute atomic E-state index is 8.49. The Labute approximate surface area is 85.9 Å². The van der Waals surface area contributed by atoms with Gasteiger partial charge in [-0.2, -0.15) is 0 Å². The van der Waals surface area contributed by atoms with E-state index < -0.39 is 10.2 Å². The first-order valence-corrected chi connectivity index (χ1v) is 6.12. The molecule has 0 saturated carbocycles. The molecule has 0 aromatic carbocycles. The summed E-state index contributed by atoms with van der Waals surface area (Å²) in [5, 5.41) is 0. The van der Waals surface area contributed by atoms with Crippen LogP contribution in [-0.4, -0.2) is 30.7 Å². The van der Waals surface area contributed by atoms with E-state index in [4.69, 9.17) is 18.6 Å². The Morgan fingerprint density at radius 3 is 1.07 bits per heavy atom. The number of halogens is 1. The van der Waals surface area contributed by atoms with Crippen LogP contribution in [0.2, 0.25) is 0 Å². The molecule has 6 heteroatoms. The second-order valence-corrected chi connectivity index (χ2v) is 4.78. The van der Waals surface area contributed by atoms with Crippen molar-refractivity contribution in [3.05, 3.63) is 0 Å². The number of rotatable bonds is 0. The molecule has 2 rings (SSSR count). The van der Waals surface area contributed by atoms with Gasteiger partial charge in [0.2, 0.25) is 0 Å². The molecule has 2 saturated heterocycles. The van der Waals surface area contributed by atoms with Crippen molar-refractivity contribution in [2.45, 2.75) is 25.7 Å². The molecule has 1 spiro atoms. The zero-order chi connectivity index (χ0) is 10.7. The van der Waals surface area contributed by atoms with Crippen LogP contribution in [0.4, 0.5) is 0 Å². The minimum absolute atomic E-state index is 1.50. The summed E-state index contributed by atoms with van der Waals surface area (Å²) in [5.74, 6) is 0. The van der Waals surface area contributed by atoms with Gasteiger partial charge in [0, 0.05) is 25.7 Å². The lowest BCUT2D eigenvalue weighted by atomic mass is 10.4. The largest absolute Gasteiger partial charge is 0.324 e. The molecule has 0 aromatic rings. The van der Waals surface area contributed by atoms with Crippen molar-refractivity contribution < 1.29 is 33.4 Å². The minimum Gasteiger partial charge on any atom is -0.324 e. The molecule has 0 aliphatic carbocycles. The Morgan fingerprint density at radius 1 is 0.643 bits per heavy atom. The zero-order valence-electron chi connectivity index (χ0n) is 8.12. The summed E-state index contributed by atoms with van der Waals surface area (Å²) >= 11 is 0. The topological polar surface area (TPSA) is 92.2 Å². The molecule has 0 amide bonds. The first-order valence-electron chi connectivity index (χ1n) is 4.88. The Balaban J connectivity index is 0.000000171. The molecule has 2 heterocycles. The highest BCUT2D eigenvalue weighted by Gasteiger charge is 2.34. The van der Waals surface area contributed by atoms with Gasteiger partial charge in [0.1, 0.15) is 0 Å². The molecule has 0 bridgehead atoms. The highest BCUT2D eigenvalue weighted by Crippen LogP contribution is 2.25. The van der Waals surface area contributed by atoms with Gasteiger partial charge in [0.25, 0.3) is 0 Å². The Hall–Kier alpha value is 0.0900. The molecule has 0 unspecified atom stereocenters. The molecule has 84 valence electrons. The van der Waals surface area contributed by atoms with Crippen LogP contribution in [0.1, 0.15) is 25.7 Å². The second kappa shape index (κ2) is 4.74. The lowest BCUT2D eigenvalue weighted by molar-refractivity contribution is -2.00. The Bertz CT molecular complexity index is 147. The summed E-state index contributed by atoms with van der Waals surface area (Å²) in [7, 11) is -4.94. The maximum atomic E-state index is 8.49. The fourth-order valence-corrected chi connectivity index (χ4v) is 2.46. The van der Waals surface area contributed by atoms with E-state index in [-0.39, 0.29) is 0 Å². The molecule has 2 aliphatic heterocycles. The smallest absolute Gasteiger partial charge is 0.0788 e. The Morgan fingerprint density at radius 2 is 0.857 bits per heavy atom. The lowest BCUT2D eigenvalue weighted by Gasteiger charge is -2.27. The van der Waals surface area contributed by atoms with Gasteiger partial charge in [-0.05, 0) is 0 Å². The van der Waals surface area contributed by atoms with Crippen molar-refractivity contribution in [1.29, 1.82) is 0 Å². The van der Waals surface area contributed by atoms with Crippen LogP contribution in [0.15, 0.2) is 0 Å². The number of hydrogen-bond acceptors (Lipinski definition) is 4. The van der Waals surface area contributed by atoms with Crippen LogP contribution in [0.5, 0.6) is 0 Å². The standard InChI is InChI=1S/C8H16N.ClHO4/c1-2-6-9(5-1)7-3-4-8-9;2-1(3,4)5/h1-8H2;(H,2,3,4,5)/q+1;/p-1. The van der Waals surface area contributed by atoms with Crippen LogP contribution in [0.3, 0.4) is 0 Å².